The van der Waals surface area contributed by atoms with Gasteiger partial charge in [-0.05, 0) is 30.5 Å². The van der Waals surface area contributed by atoms with Gasteiger partial charge in [0.1, 0.15) is 12.1 Å². The zero-order valence-corrected chi connectivity index (χ0v) is 22.2. The van der Waals surface area contributed by atoms with E-state index in [-0.39, 0.29) is 18.6 Å². The number of aliphatic carboxylic acids is 1. The summed E-state index contributed by atoms with van der Waals surface area (Å²) in [6.07, 6.45) is 0.767. The summed E-state index contributed by atoms with van der Waals surface area (Å²) >= 11 is 4.11. The molecule has 0 saturated carbocycles. The van der Waals surface area contributed by atoms with Gasteiger partial charge in [0.25, 0.3) is 0 Å². The second-order valence-corrected chi connectivity index (χ2v) is 9.60. The van der Waals surface area contributed by atoms with Crippen LogP contribution in [0, 0.1) is 0 Å². The smallest absolute Gasteiger partial charge is 0.328 e. The number of aromatic amines is 1. The fourth-order valence-corrected chi connectivity index (χ4v) is 4.33. The van der Waals surface area contributed by atoms with E-state index in [0.717, 1.165) is 22.0 Å². The van der Waals surface area contributed by atoms with Gasteiger partial charge >= 0.3 is 5.97 Å². The molecule has 39 heavy (non-hydrogen) atoms. The Balaban J connectivity index is 1.73. The van der Waals surface area contributed by atoms with Crippen LogP contribution in [0.25, 0.3) is 10.9 Å². The van der Waals surface area contributed by atoms with Crippen LogP contribution in [-0.4, -0.2) is 74.9 Å². The number of nitrogens with two attached hydrogens (primary N) is 1. The van der Waals surface area contributed by atoms with Crippen LogP contribution in [-0.2, 0) is 32.0 Å². The molecule has 5 unspecified atom stereocenters. The number of amides is 3. The molecule has 1 heterocycles. The lowest BCUT2D eigenvalue weighted by atomic mass is 10.0. The molecule has 8 N–H and O–H groups in total. The summed E-state index contributed by atoms with van der Waals surface area (Å²) in [5.41, 5.74) is 8.75. The molecule has 0 aliphatic heterocycles. The van der Waals surface area contributed by atoms with E-state index in [0.29, 0.717) is 0 Å². The van der Waals surface area contributed by atoms with Gasteiger partial charge in [-0.25, -0.2) is 4.79 Å². The molecular formula is C27H33N5O6S. The maximum Gasteiger partial charge on any atom is 0.328 e. The molecule has 0 radical (unpaired) electrons. The van der Waals surface area contributed by atoms with Crippen molar-refractivity contribution in [1.82, 2.24) is 20.9 Å². The highest BCUT2D eigenvalue weighted by atomic mass is 32.1. The van der Waals surface area contributed by atoms with Gasteiger partial charge in [-0.2, -0.15) is 12.6 Å². The Labute approximate surface area is 231 Å². The molecule has 0 aliphatic rings. The predicted molar refractivity (Wildman–Crippen MR) is 149 cm³/mol. The third-order valence-corrected chi connectivity index (χ3v) is 6.59. The van der Waals surface area contributed by atoms with Crippen molar-refractivity contribution in [3.05, 3.63) is 71.9 Å². The summed E-state index contributed by atoms with van der Waals surface area (Å²) in [5, 5.41) is 27.3. The zero-order valence-electron chi connectivity index (χ0n) is 21.3. The van der Waals surface area contributed by atoms with Crippen LogP contribution < -0.4 is 21.7 Å². The Morgan fingerprint density at radius 3 is 2.15 bits per heavy atom. The van der Waals surface area contributed by atoms with Gasteiger partial charge in [0.15, 0.2) is 6.04 Å². The Morgan fingerprint density at radius 1 is 0.897 bits per heavy atom. The number of aliphatic hydroxyl groups excluding tert-OH is 1. The van der Waals surface area contributed by atoms with Crippen LogP contribution in [0.1, 0.15) is 18.1 Å². The van der Waals surface area contributed by atoms with E-state index in [1.807, 2.05) is 30.3 Å². The van der Waals surface area contributed by atoms with Crippen molar-refractivity contribution in [2.45, 2.75) is 50.0 Å². The molecule has 0 spiro atoms. The van der Waals surface area contributed by atoms with Crippen molar-refractivity contribution in [2.24, 2.45) is 5.73 Å². The van der Waals surface area contributed by atoms with Crippen molar-refractivity contribution >= 4 is 47.2 Å². The number of carboxylic acid groups (broad SMARTS) is 1. The van der Waals surface area contributed by atoms with Crippen molar-refractivity contribution in [1.29, 1.82) is 0 Å². The molecule has 12 heteroatoms. The van der Waals surface area contributed by atoms with Crippen molar-refractivity contribution < 1.29 is 29.4 Å². The highest BCUT2D eigenvalue weighted by Crippen LogP contribution is 2.19. The molecule has 0 saturated heterocycles. The first kappa shape index (κ1) is 29.7. The third kappa shape index (κ3) is 8.06. The number of rotatable bonds is 13. The number of aliphatic hydroxyl groups is 1. The lowest BCUT2D eigenvalue weighted by Gasteiger charge is -2.25. The maximum absolute atomic E-state index is 13.3. The van der Waals surface area contributed by atoms with Gasteiger partial charge in [-0.1, -0.05) is 48.5 Å². The van der Waals surface area contributed by atoms with E-state index in [1.54, 1.807) is 30.5 Å². The molecule has 1 aromatic heterocycles. The molecule has 208 valence electrons. The number of fused-ring (bicyclic) bond motifs is 1. The SMILES string of the molecule is CC(O)C(NC(=O)C(CS)NC(=O)C(Cc1ccccc1)NC(=O)C(N)Cc1c[nH]c2ccccc12)C(=O)O. The molecular weight excluding hydrogens is 522 g/mol. The molecule has 0 bridgehead atoms. The van der Waals surface area contributed by atoms with Crippen LogP contribution in [0.3, 0.4) is 0 Å². The number of benzene rings is 2. The van der Waals surface area contributed by atoms with E-state index >= 15 is 0 Å². The van der Waals surface area contributed by atoms with Crippen LogP contribution in [0.2, 0.25) is 0 Å². The normalized spacial score (nSPS) is 15.0. The highest BCUT2D eigenvalue weighted by molar-refractivity contribution is 7.80. The second kappa shape index (κ2) is 13.8. The molecule has 0 aliphatic carbocycles. The number of nitrogens with one attached hydrogen (secondary N) is 4. The monoisotopic (exact) mass is 555 g/mol. The average Bonchev–Trinajstić information content (AvgIpc) is 3.32. The van der Waals surface area contributed by atoms with Crippen LogP contribution in [0.4, 0.5) is 0 Å². The van der Waals surface area contributed by atoms with Crippen LogP contribution in [0.5, 0.6) is 0 Å². The van der Waals surface area contributed by atoms with E-state index in [4.69, 9.17) is 5.73 Å². The highest BCUT2D eigenvalue weighted by Gasteiger charge is 2.31. The lowest BCUT2D eigenvalue weighted by Crippen LogP contribution is -2.59. The van der Waals surface area contributed by atoms with Gasteiger partial charge in [0.05, 0.1) is 12.1 Å². The topological polar surface area (TPSA) is 187 Å². The summed E-state index contributed by atoms with van der Waals surface area (Å²) in [6, 6.07) is 11.8. The van der Waals surface area contributed by atoms with Crippen molar-refractivity contribution in [3.8, 4) is 0 Å². The fraction of sp³-hybridized carbons (Fsp3) is 0.333. The largest absolute Gasteiger partial charge is 0.480 e. The number of aromatic nitrogens is 1. The summed E-state index contributed by atoms with van der Waals surface area (Å²) in [5.74, 6) is -3.66. The average molecular weight is 556 g/mol. The van der Waals surface area contributed by atoms with Crippen LogP contribution >= 0.6 is 12.6 Å². The second-order valence-electron chi connectivity index (χ2n) is 9.23. The molecule has 2 aromatic carbocycles. The predicted octanol–water partition coefficient (Wildman–Crippen LogP) is 0.130. The summed E-state index contributed by atoms with van der Waals surface area (Å²) in [4.78, 5) is 53.5. The molecule has 3 aromatic rings. The Morgan fingerprint density at radius 2 is 1.51 bits per heavy atom. The Kier molecular flexibility index (Phi) is 10.5. The van der Waals surface area contributed by atoms with Gasteiger partial charge in [0.2, 0.25) is 17.7 Å². The fourth-order valence-electron chi connectivity index (χ4n) is 4.08. The minimum Gasteiger partial charge on any atom is -0.480 e. The van der Waals surface area contributed by atoms with Crippen LogP contribution in [0.15, 0.2) is 60.8 Å². The minimum atomic E-state index is -1.57. The minimum absolute atomic E-state index is 0.116. The van der Waals surface area contributed by atoms with Gasteiger partial charge < -0.3 is 36.9 Å². The molecule has 5 atom stereocenters. The van der Waals surface area contributed by atoms with Crippen molar-refractivity contribution in [3.63, 3.8) is 0 Å². The first-order valence-corrected chi connectivity index (χ1v) is 13.0. The molecule has 3 amide bonds. The number of carbonyl (C=O) groups is 4. The lowest BCUT2D eigenvalue weighted by molar-refractivity contribution is -0.145. The summed E-state index contributed by atoms with van der Waals surface area (Å²) in [7, 11) is 0. The maximum atomic E-state index is 13.3. The number of H-pyrrole nitrogens is 1. The molecule has 11 nitrogen and oxygen atoms in total. The first-order chi connectivity index (χ1) is 18.6. The molecule has 0 fully saturated rings. The Bertz CT molecular complexity index is 1300. The number of carbonyl (C=O) groups excluding carboxylic acids is 3. The summed E-state index contributed by atoms with van der Waals surface area (Å²) < 4.78 is 0. The van der Waals surface area contributed by atoms with E-state index in [1.165, 1.54) is 6.92 Å². The number of hydrogen-bond acceptors (Lipinski definition) is 7. The number of para-hydroxylation sites is 1. The van der Waals surface area contributed by atoms with Crippen molar-refractivity contribution in [2.75, 3.05) is 5.75 Å². The number of hydrogen-bond donors (Lipinski definition) is 8. The first-order valence-electron chi connectivity index (χ1n) is 12.4. The zero-order chi connectivity index (χ0) is 28.5. The Hall–Kier alpha value is -3.87. The number of carboxylic acids is 1. The van der Waals surface area contributed by atoms with E-state index in [9.17, 15) is 29.4 Å². The standard InChI is InChI=1S/C27H33N5O6S/c1-15(33)23(27(37)38)32-26(36)22(14-39)31-25(35)21(11-16-7-3-2-4-8-16)30-24(34)19(28)12-17-13-29-20-10-6-5-9-18(17)20/h2-10,13,15,19,21-23,29,33,39H,11-12,14,28H2,1H3,(H,30,34)(H,31,35)(H,32,36)(H,37,38). The van der Waals surface area contributed by atoms with Gasteiger partial charge in [-0.3, -0.25) is 14.4 Å². The van der Waals surface area contributed by atoms with Gasteiger partial charge in [-0.15, -0.1) is 0 Å². The third-order valence-electron chi connectivity index (χ3n) is 6.23. The quantitative estimate of drug-likeness (QED) is 0.138. The number of thiol groups is 1. The van der Waals surface area contributed by atoms with E-state index < -0.39 is 54.0 Å². The van der Waals surface area contributed by atoms with E-state index in [2.05, 4.69) is 33.6 Å². The molecule has 3 rings (SSSR count). The summed E-state index contributed by atoms with van der Waals surface area (Å²) in [6.45, 7) is 1.22. The van der Waals surface area contributed by atoms with Gasteiger partial charge in [0, 0.05) is 29.3 Å².